The highest BCUT2D eigenvalue weighted by molar-refractivity contribution is 7.15. The zero-order valence-electron chi connectivity index (χ0n) is 12.6. The van der Waals surface area contributed by atoms with E-state index in [1.807, 2.05) is 6.07 Å². The monoisotopic (exact) mass is 396 g/mol. The lowest BCUT2D eigenvalue weighted by molar-refractivity contribution is 0.262. The Balaban J connectivity index is 1.60. The van der Waals surface area contributed by atoms with Gasteiger partial charge < -0.3 is 5.32 Å². The third-order valence-corrected chi connectivity index (χ3v) is 4.71. The molecule has 2 N–H and O–H groups in total. The minimum absolute atomic E-state index is 0.356. The van der Waals surface area contributed by atoms with Crippen LogP contribution in [0.2, 0.25) is 10.0 Å². The maximum Gasteiger partial charge on any atom is 0.325 e. The van der Waals surface area contributed by atoms with E-state index in [9.17, 15) is 9.18 Å². The fourth-order valence-electron chi connectivity index (χ4n) is 1.99. The van der Waals surface area contributed by atoms with Gasteiger partial charge in [-0.15, -0.1) is 10.2 Å². The molecule has 0 atom stereocenters. The Hall–Kier alpha value is -2.22. The van der Waals surface area contributed by atoms with Crippen LogP contribution in [0.15, 0.2) is 42.5 Å². The third kappa shape index (κ3) is 4.88. The first-order chi connectivity index (χ1) is 12.0. The van der Waals surface area contributed by atoms with Gasteiger partial charge in [-0.1, -0.05) is 40.6 Å². The number of hydrogen-bond acceptors (Lipinski definition) is 4. The number of anilines is 2. The summed E-state index contributed by atoms with van der Waals surface area (Å²) in [5.41, 5.74) is 1.41. The number of carbonyl (C=O) groups is 1. The first kappa shape index (κ1) is 17.6. The lowest BCUT2D eigenvalue weighted by Gasteiger charge is -2.04. The van der Waals surface area contributed by atoms with Crippen LogP contribution in [0.5, 0.6) is 0 Å². The third-order valence-electron chi connectivity index (χ3n) is 3.13. The summed E-state index contributed by atoms with van der Waals surface area (Å²) in [7, 11) is 0. The number of nitrogens with one attached hydrogen (secondary N) is 2. The number of aromatic nitrogens is 2. The quantitative estimate of drug-likeness (QED) is 0.635. The molecule has 5 nitrogen and oxygen atoms in total. The zero-order chi connectivity index (χ0) is 17.8. The predicted molar refractivity (Wildman–Crippen MR) is 98.2 cm³/mol. The van der Waals surface area contributed by atoms with E-state index in [-0.39, 0.29) is 5.82 Å². The highest BCUT2D eigenvalue weighted by atomic mass is 35.5. The van der Waals surface area contributed by atoms with Gasteiger partial charge in [0, 0.05) is 12.1 Å². The van der Waals surface area contributed by atoms with E-state index in [0.717, 1.165) is 10.6 Å². The summed E-state index contributed by atoms with van der Waals surface area (Å²) >= 11 is 13.1. The molecule has 0 aliphatic heterocycles. The van der Waals surface area contributed by atoms with Crippen molar-refractivity contribution in [1.82, 2.24) is 10.2 Å². The van der Waals surface area contributed by atoms with Gasteiger partial charge in [0.05, 0.1) is 10.0 Å². The molecule has 2 amide bonds. The van der Waals surface area contributed by atoms with Crippen LogP contribution in [-0.2, 0) is 6.42 Å². The Bertz CT molecular complexity index is 901. The molecular formula is C16H11Cl2FN4OS. The van der Waals surface area contributed by atoms with Crippen molar-refractivity contribution in [3.63, 3.8) is 0 Å². The molecule has 0 aliphatic rings. The van der Waals surface area contributed by atoms with Gasteiger partial charge in [0.15, 0.2) is 0 Å². The minimum atomic E-state index is -0.483. The maximum absolute atomic E-state index is 12.8. The number of hydrogen-bond donors (Lipinski definition) is 2. The van der Waals surface area contributed by atoms with E-state index >= 15 is 0 Å². The molecule has 0 unspecified atom stereocenters. The summed E-state index contributed by atoms with van der Waals surface area (Å²) in [6, 6.07) is 10.3. The van der Waals surface area contributed by atoms with Crippen LogP contribution in [-0.4, -0.2) is 16.2 Å². The molecule has 0 saturated heterocycles. The molecule has 9 heteroatoms. The molecule has 3 rings (SSSR count). The fraction of sp³-hybridized carbons (Fsp3) is 0.0625. The average Bonchev–Trinajstić information content (AvgIpc) is 3.00. The van der Waals surface area contributed by atoms with E-state index in [2.05, 4.69) is 20.8 Å². The van der Waals surface area contributed by atoms with Crippen molar-refractivity contribution >= 4 is 51.4 Å². The van der Waals surface area contributed by atoms with Gasteiger partial charge in [0.25, 0.3) is 0 Å². The van der Waals surface area contributed by atoms with Crippen LogP contribution < -0.4 is 10.6 Å². The Morgan fingerprint density at radius 1 is 1.04 bits per heavy atom. The minimum Gasteiger partial charge on any atom is -0.308 e. The Morgan fingerprint density at radius 3 is 2.52 bits per heavy atom. The number of benzene rings is 2. The average molecular weight is 397 g/mol. The fourth-order valence-corrected chi connectivity index (χ4v) is 3.08. The van der Waals surface area contributed by atoms with Crippen LogP contribution in [0.1, 0.15) is 10.6 Å². The van der Waals surface area contributed by atoms with Gasteiger partial charge in [0.2, 0.25) is 5.13 Å². The topological polar surface area (TPSA) is 66.9 Å². The van der Waals surface area contributed by atoms with Crippen molar-refractivity contribution in [3.05, 3.63) is 68.9 Å². The van der Waals surface area contributed by atoms with Crippen LogP contribution >= 0.6 is 34.5 Å². The van der Waals surface area contributed by atoms with Gasteiger partial charge in [-0.3, -0.25) is 5.32 Å². The molecule has 0 spiro atoms. The second-order valence-electron chi connectivity index (χ2n) is 5.01. The Morgan fingerprint density at radius 2 is 1.80 bits per heavy atom. The summed E-state index contributed by atoms with van der Waals surface area (Å²) in [6.07, 6.45) is 0.524. The second kappa shape index (κ2) is 7.77. The molecule has 1 heterocycles. The number of halogens is 3. The van der Waals surface area contributed by atoms with Crippen molar-refractivity contribution in [2.24, 2.45) is 0 Å². The van der Waals surface area contributed by atoms with Crippen LogP contribution in [0.4, 0.5) is 20.0 Å². The Kier molecular flexibility index (Phi) is 5.47. The molecule has 0 saturated carbocycles. The maximum atomic E-state index is 12.8. The van der Waals surface area contributed by atoms with Crippen molar-refractivity contribution in [2.45, 2.75) is 6.42 Å². The van der Waals surface area contributed by atoms with Crippen LogP contribution in [0.3, 0.4) is 0 Å². The largest absolute Gasteiger partial charge is 0.325 e. The van der Waals surface area contributed by atoms with Gasteiger partial charge in [-0.05, 0) is 42.0 Å². The number of nitrogens with zero attached hydrogens (tertiary/aromatic N) is 2. The van der Waals surface area contributed by atoms with Gasteiger partial charge in [-0.25, -0.2) is 9.18 Å². The first-order valence-electron chi connectivity index (χ1n) is 7.09. The molecule has 0 fully saturated rings. The highest BCUT2D eigenvalue weighted by Crippen LogP contribution is 2.25. The molecule has 0 aliphatic carbocycles. The standard InChI is InChI=1S/C16H11Cl2FN4OS/c17-12-6-1-9(7-13(12)18)8-14-22-23-16(25-14)21-15(24)20-11-4-2-10(19)3-5-11/h1-7H,8H2,(H2,20,21,23,24). The molecule has 0 bridgehead atoms. The lowest BCUT2D eigenvalue weighted by Crippen LogP contribution is -2.19. The van der Waals surface area contributed by atoms with E-state index in [1.54, 1.807) is 12.1 Å². The smallest absolute Gasteiger partial charge is 0.308 e. The number of carbonyl (C=O) groups excluding carboxylic acids is 1. The van der Waals surface area contributed by atoms with Gasteiger partial charge in [0.1, 0.15) is 10.8 Å². The van der Waals surface area contributed by atoms with Crippen molar-refractivity contribution in [1.29, 1.82) is 0 Å². The van der Waals surface area contributed by atoms with E-state index in [4.69, 9.17) is 23.2 Å². The lowest BCUT2D eigenvalue weighted by atomic mass is 10.2. The molecule has 25 heavy (non-hydrogen) atoms. The summed E-state index contributed by atoms with van der Waals surface area (Å²) in [5.74, 6) is -0.373. The van der Waals surface area contributed by atoms with Gasteiger partial charge >= 0.3 is 6.03 Å². The van der Waals surface area contributed by atoms with E-state index in [0.29, 0.717) is 27.3 Å². The molecular weight excluding hydrogens is 386 g/mol. The normalized spacial score (nSPS) is 10.5. The SMILES string of the molecule is O=C(Nc1ccc(F)cc1)Nc1nnc(Cc2ccc(Cl)c(Cl)c2)s1. The summed E-state index contributed by atoms with van der Waals surface area (Å²) in [6.45, 7) is 0. The Labute approximate surface area is 156 Å². The summed E-state index contributed by atoms with van der Waals surface area (Å²) in [4.78, 5) is 11.9. The number of urea groups is 1. The predicted octanol–water partition coefficient (Wildman–Crippen LogP) is 5.22. The molecule has 2 aromatic carbocycles. The molecule has 128 valence electrons. The number of amides is 2. The van der Waals surface area contributed by atoms with Gasteiger partial charge in [-0.2, -0.15) is 0 Å². The van der Waals surface area contributed by atoms with E-state index in [1.165, 1.54) is 35.6 Å². The van der Waals surface area contributed by atoms with Crippen molar-refractivity contribution in [2.75, 3.05) is 10.6 Å². The summed E-state index contributed by atoms with van der Waals surface area (Å²) < 4.78 is 12.8. The molecule has 3 aromatic rings. The van der Waals surface area contributed by atoms with Crippen molar-refractivity contribution < 1.29 is 9.18 Å². The molecule has 1 aromatic heterocycles. The van der Waals surface area contributed by atoms with Crippen LogP contribution in [0, 0.1) is 5.82 Å². The highest BCUT2D eigenvalue weighted by Gasteiger charge is 2.10. The van der Waals surface area contributed by atoms with E-state index < -0.39 is 6.03 Å². The second-order valence-corrected chi connectivity index (χ2v) is 6.89. The number of rotatable bonds is 4. The summed E-state index contributed by atoms with van der Waals surface area (Å²) in [5, 5.41) is 15.2. The van der Waals surface area contributed by atoms with Crippen LogP contribution in [0.25, 0.3) is 0 Å². The zero-order valence-corrected chi connectivity index (χ0v) is 14.9. The first-order valence-corrected chi connectivity index (χ1v) is 8.67. The van der Waals surface area contributed by atoms with Crippen molar-refractivity contribution in [3.8, 4) is 0 Å². The molecule has 0 radical (unpaired) electrons.